The van der Waals surface area contributed by atoms with Crippen LogP contribution in [0.4, 0.5) is 0 Å². The Labute approximate surface area is 148 Å². The van der Waals surface area contributed by atoms with E-state index in [4.69, 9.17) is 4.42 Å². The highest BCUT2D eigenvalue weighted by atomic mass is 16.3. The zero-order valence-electron chi connectivity index (χ0n) is 15.1. The lowest BCUT2D eigenvalue weighted by Gasteiger charge is -2.23. The van der Waals surface area contributed by atoms with E-state index in [1.54, 1.807) is 12.1 Å². The molecule has 1 aromatic heterocycles. The zero-order chi connectivity index (χ0) is 18.1. The Hall–Kier alpha value is -2.76. The molecule has 0 radical (unpaired) electrons. The van der Waals surface area contributed by atoms with E-state index in [1.807, 2.05) is 26.1 Å². The van der Waals surface area contributed by atoms with Gasteiger partial charge in [-0.15, -0.1) is 0 Å². The molecule has 0 atom stereocenters. The van der Waals surface area contributed by atoms with E-state index in [2.05, 4.69) is 39.6 Å². The molecular weight excluding hydrogens is 316 g/mol. The predicted octanol–water partition coefficient (Wildman–Crippen LogP) is 2.42. The first-order valence-corrected chi connectivity index (χ1v) is 8.47. The minimum absolute atomic E-state index is 0.224. The van der Waals surface area contributed by atoms with Crippen LogP contribution in [0.2, 0.25) is 0 Å². The number of furan rings is 1. The van der Waals surface area contributed by atoms with Crippen LogP contribution in [0.3, 0.4) is 0 Å². The monoisotopic (exact) mass is 342 g/mol. The van der Waals surface area contributed by atoms with Gasteiger partial charge in [-0.2, -0.15) is 0 Å². The van der Waals surface area contributed by atoms with E-state index in [1.165, 1.54) is 17.4 Å². The standard InChI is InChI=1S/C19H26N4O2/c1-4-20-19(23(3)14-16-9-6-5-8-15(16)2)22-12-11-21-18(24)17-10-7-13-25-17/h5-10,13H,4,11-12,14H2,1-3H3,(H,20,22)(H,21,24). The smallest absolute Gasteiger partial charge is 0.287 e. The van der Waals surface area contributed by atoms with E-state index in [9.17, 15) is 4.79 Å². The van der Waals surface area contributed by atoms with Crippen LogP contribution in [-0.4, -0.2) is 43.4 Å². The molecule has 1 amide bonds. The Morgan fingerprint density at radius 3 is 2.68 bits per heavy atom. The molecular formula is C19H26N4O2. The number of carbonyl (C=O) groups is 1. The van der Waals surface area contributed by atoms with Gasteiger partial charge in [0.2, 0.25) is 0 Å². The van der Waals surface area contributed by atoms with Crippen molar-refractivity contribution in [2.24, 2.45) is 4.99 Å². The van der Waals surface area contributed by atoms with Crippen molar-refractivity contribution in [2.75, 3.05) is 26.7 Å². The fraction of sp³-hybridized carbons (Fsp3) is 0.368. The van der Waals surface area contributed by atoms with E-state index < -0.39 is 0 Å². The third-order valence-electron chi connectivity index (χ3n) is 3.77. The van der Waals surface area contributed by atoms with Crippen molar-refractivity contribution in [1.82, 2.24) is 15.5 Å². The molecule has 2 rings (SSSR count). The molecule has 2 N–H and O–H groups in total. The van der Waals surface area contributed by atoms with Gasteiger partial charge in [-0.25, -0.2) is 0 Å². The minimum Gasteiger partial charge on any atom is -0.459 e. The van der Waals surface area contributed by atoms with Gasteiger partial charge in [0.25, 0.3) is 5.91 Å². The van der Waals surface area contributed by atoms with Crippen LogP contribution < -0.4 is 10.6 Å². The summed E-state index contributed by atoms with van der Waals surface area (Å²) in [4.78, 5) is 18.5. The molecule has 0 saturated carbocycles. The number of nitrogens with zero attached hydrogens (tertiary/aromatic N) is 2. The lowest BCUT2D eigenvalue weighted by molar-refractivity contribution is 0.0927. The fourth-order valence-corrected chi connectivity index (χ4v) is 2.41. The first-order valence-electron chi connectivity index (χ1n) is 8.47. The Bertz CT molecular complexity index is 695. The summed E-state index contributed by atoms with van der Waals surface area (Å²) in [6, 6.07) is 11.6. The molecule has 6 nitrogen and oxygen atoms in total. The summed E-state index contributed by atoms with van der Waals surface area (Å²) in [6.07, 6.45) is 1.48. The molecule has 0 unspecified atom stereocenters. The molecule has 134 valence electrons. The highest BCUT2D eigenvalue weighted by molar-refractivity contribution is 5.91. The van der Waals surface area contributed by atoms with Crippen LogP contribution in [-0.2, 0) is 6.54 Å². The third kappa shape index (κ3) is 5.67. The van der Waals surface area contributed by atoms with Crippen molar-refractivity contribution >= 4 is 11.9 Å². The van der Waals surface area contributed by atoms with Crippen molar-refractivity contribution < 1.29 is 9.21 Å². The quantitative estimate of drug-likeness (QED) is 0.461. The maximum Gasteiger partial charge on any atom is 0.287 e. The van der Waals surface area contributed by atoms with Crippen molar-refractivity contribution in [3.05, 3.63) is 59.5 Å². The maximum atomic E-state index is 11.8. The maximum absolute atomic E-state index is 11.8. The van der Waals surface area contributed by atoms with Crippen LogP contribution in [0.15, 0.2) is 52.1 Å². The van der Waals surface area contributed by atoms with Crippen LogP contribution >= 0.6 is 0 Å². The number of benzene rings is 1. The Morgan fingerprint density at radius 2 is 2.00 bits per heavy atom. The van der Waals surface area contributed by atoms with Gasteiger partial charge in [0.15, 0.2) is 11.7 Å². The largest absolute Gasteiger partial charge is 0.459 e. The second-order valence-corrected chi connectivity index (χ2v) is 5.75. The molecule has 0 saturated heterocycles. The predicted molar refractivity (Wildman–Crippen MR) is 99.7 cm³/mol. The van der Waals surface area contributed by atoms with Crippen molar-refractivity contribution in [3.8, 4) is 0 Å². The highest BCUT2D eigenvalue weighted by Crippen LogP contribution is 2.09. The normalized spacial score (nSPS) is 11.2. The number of hydrogen-bond acceptors (Lipinski definition) is 3. The molecule has 0 aliphatic heterocycles. The first kappa shape index (κ1) is 18.6. The second-order valence-electron chi connectivity index (χ2n) is 5.75. The van der Waals surface area contributed by atoms with Crippen LogP contribution in [0.1, 0.15) is 28.6 Å². The second kappa shape index (κ2) is 9.52. The van der Waals surface area contributed by atoms with Gasteiger partial charge in [-0.3, -0.25) is 9.79 Å². The number of guanidine groups is 1. The van der Waals surface area contributed by atoms with Gasteiger partial charge in [0.05, 0.1) is 12.8 Å². The van der Waals surface area contributed by atoms with Gasteiger partial charge in [0, 0.05) is 26.7 Å². The van der Waals surface area contributed by atoms with Gasteiger partial charge in [-0.05, 0) is 37.1 Å². The van der Waals surface area contributed by atoms with Crippen molar-refractivity contribution in [3.63, 3.8) is 0 Å². The molecule has 0 aliphatic carbocycles. The molecule has 0 spiro atoms. The summed E-state index contributed by atoms with van der Waals surface area (Å²) in [5.74, 6) is 0.907. The first-order chi connectivity index (χ1) is 12.1. The number of carbonyl (C=O) groups excluding carboxylic acids is 1. The molecule has 1 aromatic carbocycles. The molecule has 1 heterocycles. The summed E-state index contributed by atoms with van der Waals surface area (Å²) in [7, 11) is 2.01. The Morgan fingerprint density at radius 1 is 1.20 bits per heavy atom. The number of nitrogens with one attached hydrogen (secondary N) is 2. The molecule has 0 aliphatic rings. The average molecular weight is 342 g/mol. The zero-order valence-corrected chi connectivity index (χ0v) is 15.1. The fourth-order valence-electron chi connectivity index (χ4n) is 2.41. The van der Waals surface area contributed by atoms with Gasteiger partial charge in [-0.1, -0.05) is 24.3 Å². The van der Waals surface area contributed by atoms with Gasteiger partial charge >= 0.3 is 0 Å². The lowest BCUT2D eigenvalue weighted by atomic mass is 10.1. The lowest BCUT2D eigenvalue weighted by Crippen LogP contribution is -2.39. The van der Waals surface area contributed by atoms with E-state index in [0.29, 0.717) is 18.8 Å². The van der Waals surface area contributed by atoms with Crippen LogP contribution in [0.5, 0.6) is 0 Å². The molecule has 2 aromatic rings. The minimum atomic E-state index is -0.224. The van der Waals surface area contributed by atoms with Crippen molar-refractivity contribution in [1.29, 1.82) is 0 Å². The van der Waals surface area contributed by atoms with Crippen LogP contribution in [0, 0.1) is 6.92 Å². The average Bonchev–Trinajstić information content (AvgIpc) is 3.14. The Balaban J connectivity index is 1.88. The topological polar surface area (TPSA) is 69.9 Å². The number of hydrogen-bond donors (Lipinski definition) is 2. The van der Waals surface area contributed by atoms with Gasteiger partial charge in [0.1, 0.15) is 0 Å². The number of rotatable bonds is 7. The molecule has 25 heavy (non-hydrogen) atoms. The van der Waals surface area contributed by atoms with Gasteiger partial charge < -0.3 is 20.0 Å². The third-order valence-corrected chi connectivity index (χ3v) is 3.77. The summed E-state index contributed by atoms with van der Waals surface area (Å²) in [5, 5.41) is 6.08. The van der Waals surface area contributed by atoms with E-state index >= 15 is 0 Å². The summed E-state index contributed by atoms with van der Waals surface area (Å²) >= 11 is 0. The van der Waals surface area contributed by atoms with Crippen LogP contribution in [0.25, 0.3) is 0 Å². The molecule has 0 fully saturated rings. The van der Waals surface area contributed by atoms with Crippen molar-refractivity contribution in [2.45, 2.75) is 20.4 Å². The molecule has 0 bridgehead atoms. The molecule has 6 heteroatoms. The van der Waals surface area contributed by atoms with E-state index in [-0.39, 0.29) is 5.91 Å². The number of amides is 1. The highest BCUT2D eigenvalue weighted by Gasteiger charge is 2.09. The summed E-state index contributed by atoms with van der Waals surface area (Å²) in [5.41, 5.74) is 2.53. The Kier molecular flexibility index (Phi) is 7.07. The number of aliphatic imine (C=N–C) groups is 1. The number of aryl methyl sites for hydroxylation is 1. The SMILES string of the molecule is CCNC(=NCCNC(=O)c1ccco1)N(C)Cc1ccccc1C. The summed E-state index contributed by atoms with van der Waals surface area (Å²) in [6.45, 7) is 6.65. The summed E-state index contributed by atoms with van der Waals surface area (Å²) < 4.78 is 5.06. The van der Waals surface area contributed by atoms with E-state index in [0.717, 1.165) is 19.0 Å².